The van der Waals surface area contributed by atoms with Gasteiger partial charge in [0, 0.05) is 19.1 Å². The van der Waals surface area contributed by atoms with Gasteiger partial charge < -0.3 is 5.32 Å². The van der Waals surface area contributed by atoms with Crippen molar-refractivity contribution in [3.63, 3.8) is 0 Å². The molecule has 1 aliphatic rings. The molecule has 0 aliphatic heterocycles. The fourth-order valence-electron chi connectivity index (χ4n) is 2.63. The van der Waals surface area contributed by atoms with E-state index in [9.17, 15) is 8.42 Å². The molecule has 4 nitrogen and oxygen atoms in total. The second kappa shape index (κ2) is 6.46. The van der Waals surface area contributed by atoms with Crippen LogP contribution in [0.25, 0.3) is 0 Å². The highest BCUT2D eigenvalue weighted by Crippen LogP contribution is 2.36. The van der Waals surface area contributed by atoms with Crippen molar-refractivity contribution in [1.82, 2.24) is 9.62 Å². The number of hydrogen-bond acceptors (Lipinski definition) is 3. The molecule has 0 amide bonds. The van der Waals surface area contributed by atoms with E-state index < -0.39 is 10.0 Å². The van der Waals surface area contributed by atoms with Crippen molar-refractivity contribution in [2.24, 2.45) is 5.92 Å². The molecule has 0 spiro atoms. The van der Waals surface area contributed by atoms with E-state index in [0.717, 1.165) is 24.9 Å². The van der Waals surface area contributed by atoms with Crippen molar-refractivity contribution >= 4 is 10.0 Å². The Morgan fingerprint density at radius 3 is 2.57 bits per heavy atom. The van der Waals surface area contributed by atoms with Gasteiger partial charge in [-0.1, -0.05) is 19.1 Å². The minimum absolute atomic E-state index is 0.0739. The summed E-state index contributed by atoms with van der Waals surface area (Å²) >= 11 is 0. The number of hydrogen-bond donors (Lipinski definition) is 1. The van der Waals surface area contributed by atoms with Gasteiger partial charge in [-0.05, 0) is 56.8 Å². The van der Waals surface area contributed by atoms with Crippen LogP contribution in [0.5, 0.6) is 0 Å². The van der Waals surface area contributed by atoms with E-state index in [4.69, 9.17) is 0 Å². The first-order valence-electron chi connectivity index (χ1n) is 7.69. The number of rotatable bonds is 7. The lowest BCUT2D eigenvalue weighted by Gasteiger charge is -2.24. The molecule has 1 aliphatic carbocycles. The van der Waals surface area contributed by atoms with Gasteiger partial charge in [-0.3, -0.25) is 0 Å². The van der Waals surface area contributed by atoms with Crippen LogP contribution in [-0.4, -0.2) is 32.4 Å². The van der Waals surface area contributed by atoms with Gasteiger partial charge in [0.05, 0.1) is 4.90 Å². The molecule has 1 aromatic rings. The molecule has 21 heavy (non-hydrogen) atoms. The van der Waals surface area contributed by atoms with Crippen molar-refractivity contribution in [3.8, 4) is 0 Å². The minimum atomic E-state index is -3.41. The Balaban J connectivity index is 2.25. The number of nitrogens with one attached hydrogen (secondary N) is 1. The smallest absolute Gasteiger partial charge is 0.243 e. The molecule has 0 bridgehead atoms. The van der Waals surface area contributed by atoms with Crippen LogP contribution >= 0.6 is 0 Å². The normalized spacial score (nSPS) is 18.7. The summed E-state index contributed by atoms with van der Waals surface area (Å²) in [6, 6.07) is 7.50. The van der Waals surface area contributed by atoms with Gasteiger partial charge in [0.25, 0.3) is 0 Å². The summed E-state index contributed by atoms with van der Waals surface area (Å²) in [5.41, 5.74) is 1.01. The maximum atomic E-state index is 12.7. The fraction of sp³-hybridized carbons (Fsp3) is 0.625. The first-order valence-corrected chi connectivity index (χ1v) is 9.13. The molecule has 2 atom stereocenters. The summed E-state index contributed by atoms with van der Waals surface area (Å²) in [6.45, 7) is 6.95. The highest BCUT2D eigenvalue weighted by molar-refractivity contribution is 7.89. The number of sulfonamides is 1. The van der Waals surface area contributed by atoms with Crippen LogP contribution in [0.2, 0.25) is 0 Å². The molecule has 1 aromatic carbocycles. The van der Waals surface area contributed by atoms with Gasteiger partial charge in [-0.25, -0.2) is 8.42 Å². The van der Waals surface area contributed by atoms with E-state index in [1.54, 1.807) is 19.2 Å². The molecule has 2 unspecified atom stereocenters. The van der Waals surface area contributed by atoms with Crippen LogP contribution in [0.4, 0.5) is 0 Å². The van der Waals surface area contributed by atoms with Crippen LogP contribution in [0.3, 0.4) is 0 Å². The SMILES string of the molecule is CCNC(C)c1cccc(S(=O)(=O)N(C)C(C)C2CC2)c1. The van der Waals surface area contributed by atoms with Crippen LogP contribution in [0.15, 0.2) is 29.2 Å². The van der Waals surface area contributed by atoms with E-state index in [1.807, 2.05) is 32.9 Å². The predicted molar refractivity (Wildman–Crippen MR) is 85.7 cm³/mol. The van der Waals surface area contributed by atoms with Crippen molar-refractivity contribution in [3.05, 3.63) is 29.8 Å². The van der Waals surface area contributed by atoms with E-state index in [1.165, 1.54) is 4.31 Å². The van der Waals surface area contributed by atoms with Crippen molar-refractivity contribution < 1.29 is 8.42 Å². The third-order valence-corrected chi connectivity index (χ3v) is 6.36. The molecule has 5 heteroatoms. The molecule has 0 heterocycles. The topological polar surface area (TPSA) is 49.4 Å². The van der Waals surface area contributed by atoms with E-state index in [-0.39, 0.29) is 12.1 Å². The van der Waals surface area contributed by atoms with Gasteiger partial charge in [0.15, 0.2) is 0 Å². The van der Waals surface area contributed by atoms with Gasteiger partial charge >= 0.3 is 0 Å². The number of benzene rings is 1. The zero-order chi connectivity index (χ0) is 15.6. The van der Waals surface area contributed by atoms with E-state index >= 15 is 0 Å². The molecule has 2 rings (SSSR count). The molecule has 0 saturated heterocycles. The predicted octanol–water partition coefficient (Wildman–Crippen LogP) is 2.78. The molecule has 1 saturated carbocycles. The monoisotopic (exact) mass is 310 g/mol. The number of nitrogens with zero attached hydrogens (tertiary/aromatic N) is 1. The summed E-state index contributed by atoms with van der Waals surface area (Å²) in [7, 11) is -1.72. The molecule has 0 radical (unpaired) electrons. The second-order valence-electron chi connectivity index (χ2n) is 5.95. The Hall–Kier alpha value is -0.910. The summed E-state index contributed by atoms with van der Waals surface area (Å²) < 4.78 is 27.0. The molecular formula is C16H26N2O2S. The van der Waals surface area contributed by atoms with E-state index in [0.29, 0.717) is 10.8 Å². The molecule has 0 aromatic heterocycles. The highest BCUT2D eigenvalue weighted by Gasteiger charge is 2.36. The minimum Gasteiger partial charge on any atom is -0.310 e. The first-order chi connectivity index (χ1) is 9.87. The Kier molecular flexibility index (Phi) is 5.07. The molecular weight excluding hydrogens is 284 g/mol. The lowest BCUT2D eigenvalue weighted by molar-refractivity contribution is 0.357. The third-order valence-electron chi connectivity index (χ3n) is 4.42. The van der Waals surface area contributed by atoms with Crippen LogP contribution in [0.1, 0.15) is 45.2 Å². The molecule has 118 valence electrons. The largest absolute Gasteiger partial charge is 0.310 e. The Bertz CT molecular complexity index is 582. The lowest BCUT2D eigenvalue weighted by atomic mass is 10.1. The summed E-state index contributed by atoms with van der Waals surface area (Å²) in [5, 5.41) is 3.31. The zero-order valence-corrected chi connectivity index (χ0v) is 14.2. The van der Waals surface area contributed by atoms with Gasteiger partial charge in [0.1, 0.15) is 0 Å². The van der Waals surface area contributed by atoms with Crippen LogP contribution < -0.4 is 5.32 Å². The summed E-state index contributed by atoms with van der Waals surface area (Å²) in [6.07, 6.45) is 2.27. The Morgan fingerprint density at radius 2 is 2.00 bits per heavy atom. The van der Waals surface area contributed by atoms with E-state index in [2.05, 4.69) is 5.32 Å². The standard InChI is InChI=1S/C16H26N2O2S/c1-5-17-12(2)15-7-6-8-16(11-15)21(19,20)18(4)13(3)14-9-10-14/h6-8,11-14,17H,5,9-10H2,1-4H3. The fourth-order valence-corrected chi connectivity index (χ4v) is 4.11. The van der Waals surface area contributed by atoms with Crippen LogP contribution in [0, 0.1) is 5.92 Å². The maximum Gasteiger partial charge on any atom is 0.243 e. The lowest BCUT2D eigenvalue weighted by Crippen LogP contribution is -2.36. The Morgan fingerprint density at radius 1 is 1.33 bits per heavy atom. The first kappa shape index (κ1) is 16.5. The summed E-state index contributed by atoms with van der Waals surface area (Å²) in [4.78, 5) is 0.389. The zero-order valence-electron chi connectivity index (χ0n) is 13.3. The van der Waals surface area contributed by atoms with Crippen molar-refractivity contribution in [1.29, 1.82) is 0 Å². The summed E-state index contributed by atoms with van der Waals surface area (Å²) in [5.74, 6) is 0.522. The quantitative estimate of drug-likeness (QED) is 0.842. The highest BCUT2D eigenvalue weighted by atomic mass is 32.2. The average molecular weight is 310 g/mol. The van der Waals surface area contributed by atoms with Gasteiger partial charge in [-0.15, -0.1) is 0 Å². The van der Waals surface area contributed by atoms with Crippen molar-refractivity contribution in [2.45, 2.75) is 50.6 Å². The Labute approximate surface area is 128 Å². The maximum absolute atomic E-state index is 12.7. The molecule has 1 N–H and O–H groups in total. The second-order valence-corrected chi connectivity index (χ2v) is 7.95. The van der Waals surface area contributed by atoms with Gasteiger partial charge in [0.2, 0.25) is 10.0 Å². The van der Waals surface area contributed by atoms with Crippen molar-refractivity contribution in [2.75, 3.05) is 13.6 Å². The average Bonchev–Trinajstić information content (AvgIpc) is 3.30. The molecule has 1 fully saturated rings. The van der Waals surface area contributed by atoms with Crippen LogP contribution in [-0.2, 0) is 10.0 Å². The third kappa shape index (κ3) is 3.65. The van der Waals surface area contributed by atoms with Gasteiger partial charge in [-0.2, -0.15) is 4.31 Å².